The Morgan fingerprint density at radius 1 is 1.23 bits per heavy atom. The van der Waals surface area contributed by atoms with Crippen molar-refractivity contribution in [2.45, 2.75) is 37.8 Å². The Labute approximate surface area is 128 Å². The van der Waals surface area contributed by atoms with Gasteiger partial charge in [0, 0.05) is 17.8 Å². The fourth-order valence-corrected chi connectivity index (χ4v) is 2.64. The predicted octanol–water partition coefficient (Wildman–Crippen LogP) is 2.44. The van der Waals surface area contributed by atoms with Crippen LogP contribution < -0.4 is 16.4 Å². The Bertz CT molecular complexity index is 635. The number of aromatic nitrogens is 3. The normalized spacial score (nSPS) is 21.4. The molecule has 22 heavy (non-hydrogen) atoms. The minimum atomic E-state index is -0.307. The molecule has 0 spiro atoms. The number of hydrogen-bond acceptors (Lipinski definition) is 6. The summed E-state index contributed by atoms with van der Waals surface area (Å²) in [5.41, 5.74) is 6.72. The number of nitrogens with two attached hydrogens (primary N) is 1. The molecule has 116 valence electrons. The highest BCUT2D eigenvalue weighted by molar-refractivity contribution is 5.55. The minimum absolute atomic E-state index is 0.109. The number of benzene rings is 1. The summed E-state index contributed by atoms with van der Waals surface area (Å²) in [6, 6.07) is 6.45. The van der Waals surface area contributed by atoms with Crippen LogP contribution in [0.2, 0.25) is 0 Å². The SMILES string of the molecule is N[C@H]1CCCC[C@H]1Nc1nncc(Nc2cccc(F)c2)n1. The first-order valence-electron chi connectivity index (χ1n) is 7.45. The maximum atomic E-state index is 13.2. The number of rotatable bonds is 4. The van der Waals surface area contributed by atoms with Gasteiger partial charge < -0.3 is 16.4 Å². The molecule has 1 heterocycles. The first kappa shape index (κ1) is 14.6. The van der Waals surface area contributed by atoms with Gasteiger partial charge in [0.2, 0.25) is 5.95 Å². The van der Waals surface area contributed by atoms with Gasteiger partial charge in [-0.25, -0.2) is 4.39 Å². The van der Waals surface area contributed by atoms with E-state index >= 15 is 0 Å². The van der Waals surface area contributed by atoms with Gasteiger partial charge in [-0.15, -0.1) is 5.10 Å². The second-order valence-corrected chi connectivity index (χ2v) is 5.50. The first-order valence-corrected chi connectivity index (χ1v) is 7.45. The molecule has 1 saturated carbocycles. The number of nitrogens with one attached hydrogen (secondary N) is 2. The summed E-state index contributed by atoms with van der Waals surface area (Å²) < 4.78 is 13.2. The van der Waals surface area contributed by atoms with Gasteiger partial charge in [-0.2, -0.15) is 10.1 Å². The Kier molecular flexibility index (Phi) is 4.43. The highest BCUT2D eigenvalue weighted by Crippen LogP contribution is 2.20. The molecule has 6 nitrogen and oxygen atoms in total. The molecule has 0 unspecified atom stereocenters. The third kappa shape index (κ3) is 3.67. The molecule has 1 aliphatic carbocycles. The first-order chi connectivity index (χ1) is 10.7. The van der Waals surface area contributed by atoms with Crippen LogP contribution >= 0.6 is 0 Å². The van der Waals surface area contributed by atoms with E-state index in [1.54, 1.807) is 12.1 Å². The largest absolute Gasteiger partial charge is 0.349 e. The van der Waals surface area contributed by atoms with E-state index in [0.717, 1.165) is 19.3 Å². The Morgan fingerprint density at radius 2 is 2.09 bits per heavy atom. The van der Waals surface area contributed by atoms with Crippen LogP contribution in [0.3, 0.4) is 0 Å². The fraction of sp³-hybridized carbons (Fsp3) is 0.400. The average molecular weight is 302 g/mol. The second-order valence-electron chi connectivity index (χ2n) is 5.50. The van der Waals surface area contributed by atoms with E-state index in [2.05, 4.69) is 25.8 Å². The zero-order valence-corrected chi connectivity index (χ0v) is 12.2. The number of hydrogen-bond donors (Lipinski definition) is 3. The highest BCUT2D eigenvalue weighted by Gasteiger charge is 2.22. The van der Waals surface area contributed by atoms with Crippen molar-refractivity contribution in [3.63, 3.8) is 0 Å². The van der Waals surface area contributed by atoms with E-state index in [-0.39, 0.29) is 17.9 Å². The van der Waals surface area contributed by atoms with E-state index in [9.17, 15) is 4.39 Å². The van der Waals surface area contributed by atoms with Gasteiger partial charge in [0.15, 0.2) is 5.82 Å². The lowest BCUT2D eigenvalue weighted by Gasteiger charge is -2.29. The van der Waals surface area contributed by atoms with Crippen molar-refractivity contribution in [3.05, 3.63) is 36.3 Å². The molecule has 2 atom stereocenters. The topological polar surface area (TPSA) is 88.8 Å². The summed E-state index contributed by atoms with van der Waals surface area (Å²) in [4.78, 5) is 4.35. The van der Waals surface area contributed by atoms with Crippen LogP contribution in [0.4, 0.5) is 21.8 Å². The maximum absolute atomic E-state index is 13.2. The van der Waals surface area contributed by atoms with Crippen LogP contribution in [0.5, 0.6) is 0 Å². The summed E-state index contributed by atoms with van der Waals surface area (Å²) in [7, 11) is 0. The molecule has 7 heteroatoms. The summed E-state index contributed by atoms with van der Waals surface area (Å²) in [6.45, 7) is 0. The molecule has 0 bridgehead atoms. The minimum Gasteiger partial charge on any atom is -0.349 e. The molecule has 0 radical (unpaired) electrons. The van der Waals surface area contributed by atoms with Gasteiger partial charge in [0.25, 0.3) is 0 Å². The lowest BCUT2D eigenvalue weighted by Crippen LogP contribution is -2.43. The zero-order chi connectivity index (χ0) is 15.4. The number of halogens is 1. The van der Waals surface area contributed by atoms with Crippen molar-refractivity contribution < 1.29 is 4.39 Å². The van der Waals surface area contributed by atoms with Crippen molar-refractivity contribution in [2.24, 2.45) is 5.73 Å². The molecule has 0 saturated heterocycles. The van der Waals surface area contributed by atoms with E-state index in [4.69, 9.17) is 5.73 Å². The van der Waals surface area contributed by atoms with E-state index < -0.39 is 0 Å². The molecular weight excluding hydrogens is 283 g/mol. The fourth-order valence-electron chi connectivity index (χ4n) is 2.64. The van der Waals surface area contributed by atoms with Gasteiger partial charge in [-0.05, 0) is 31.0 Å². The molecule has 2 aromatic rings. The third-order valence-electron chi connectivity index (χ3n) is 3.79. The summed E-state index contributed by atoms with van der Waals surface area (Å²) in [5.74, 6) is 0.634. The zero-order valence-electron chi connectivity index (χ0n) is 12.2. The van der Waals surface area contributed by atoms with Crippen molar-refractivity contribution in [2.75, 3.05) is 10.6 Å². The summed E-state index contributed by atoms with van der Waals surface area (Å²) in [5, 5.41) is 14.2. The highest BCUT2D eigenvalue weighted by atomic mass is 19.1. The van der Waals surface area contributed by atoms with Crippen LogP contribution in [-0.2, 0) is 0 Å². The van der Waals surface area contributed by atoms with Gasteiger partial charge in [-0.1, -0.05) is 18.9 Å². The maximum Gasteiger partial charge on any atom is 0.244 e. The molecule has 1 aromatic heterocycles. The van der Waals surface area contributed by atoms with E-state index in [0.29, 0.717) is 17.5 Å². The van der Waals surface area contributed by atoms with Crippen molar-refractivity contribution >= 4 is 17.5 Å². The summed E-state index contributed by atoms with van der Waals surface area (Å²) >= 11 is 0. The van der Waals surface area contributed by atoms with E-state index in [1.807, 2.05) is 0 Å². The molecule has 3 rings (SSSR count). The monoisotopic (exact) mass is 302 g/mol. The quantitative estimate of drug-likeness (QED) is 0.804. The Hall–Kier alpha value is -2.28. The average Bonchev–Trinajstić information content (AvgIpc) is 2.50. The van der Waals surface area contributed by atoms with Crippen LogP contribution in [0.15, 0.2) is 30.5 Å². The number of nitrogens with zero attached hydrogens (tertiary/aromatic N) is 3. The molecule has 4 N–H and O–H groups in total. The molecular formula is C15H19FN6. The molecule has 0 amide bonds. The van der Waals surface area contributed by atoms with Gasteiger partial charge in [0.05, 0.1) is 6.20 Å². The van der Waals surface area contributed by atoms with Crippen LogP contribution in [-0.4, -0.2) is 27.3 Å². The molecule has 1 fully saturated rings. The van der Waals surface area contributed by atoms with Crippen LogP contribution in [0.1, 0.15) is 25.7 Å². The summed E-state index contributed by atoms with van der Waals surface area (Å²) in [6.07, 6.45) is 5.83. The lowest BCUT2D eigenvalue weighted by atomic mass is 9.91. The second kappa shape index (κ2) is 6.65. The smallest absolute Gasteiger partial charge is 0.244 e. The van der Waals surface area contributed by atoms with Crippen LogP contribution in [0.25, 0.3) is 0 Å². The van der Waals surface area contributed by atoms with Crippen molar-refractivity contribution in [1.29, 1.82) is 0 Å². The molecule has 0 aliphatic heterocycles. The molecule has 1 aliphatic rings. The predicted molar refractivity (Wildman–Crippen MR) is 83.4 cm³/mol. The van der Waals surface area contributed by atoms with Crippen molar-refractivity contribution in [3.8, 4) is 0 Å². The van der Waals surface area contributed by atoms with Gasteiger partial charge in [0.1, 0.15) is 5.82 Å². The van der Waals surface area contributed by atoms with Gasteiger partial charge in [-0.3, -0.25) is 0 Å². The lowest BCUT2D eigenvalue weighted by molar-refractivity contribution is 0.402. The van der Waals surface area contributed by atoms with Crippen molar-refractivity contribution in [1.82, 2.24) is 15.2 Å². The standard InChI is InChI=1S/C15H19FN6/c16-10-4-3-5-11(8-10)19-14-9-18-22-15(21-14)20-13-7-2-1-6-12(13)17/h3-5,8-9,12-13H,1-2,6-7,17H2,(H2,19,20,21,22)/t12-,13+/m0/s1. The van der Waals surface area contributed by atoms with Crippen LogP contribution in [0, 0.1) is 5.82 Å². The number of anilines is 3. The van der Waals surface area contributed by atoms with E-state index in [1.165, 1.54) is 24.8 Å². The Morgan fingerprint density at radius 3 is 2.91 bits per heavy atom. The third-order valence-corrected chi connectivity index (χ3v) is 3.79. The molecule has 1 aromatic carbocycles. The van der Waals surface area contributed by atoms with Gasteiger partial charge >= 0.3 is 0 Å². The Balaban J connectivity index is 1.69.